The first-order chi connectivity index (χ1) is 7.26. The van der Waals surface area contributed by atoms with Gasteiger partial charge in [0.2, 0.25) is 0 Å². The maximum Gasteiger partial charge on any atom is 0.279 e. The maximum atomic E-state index is 5.70. The summed E-state index contributed by atoms with van der Waals surface area (Å²) in [6.07, 6.45) is 3.89. The van der Waals surface area contributed by atoms with Crippen molar-refractivity contribution in [3.8, 4) is 0 Å². The van der Waals surface area contributed by atoms with Crippen molar-refractivity contribution in [2.75, 3.05) is 0 Å². The Bertz CT molecular complexity index is 299. The van der Waals surface area contributed by atoms with Gasteiger partial charge < -0.3 is 4.43 Å². The molecule has 0 N–H and O–H groups in total. The maximum absolute atomic E-state index is 5.70. The van der Waals surface area contributed by atoms with Gasteiger partial charge in [0.25, 0.3) is 9.04 Å². The van der Waals surface area contributed by atoms with E-state index in [-0.39, 0.29) is 0 Å². The van der Waals surface area contributed by atoms with Crippen LogP contribution >= 0.6 is 0 Å². The highest BCUT2D eigenvalue weighted by molar-refractivity contribution is 6.51. The molecule has 0 aliphatic rings. The summed E-state index contributed by atoms with van der Waals surface area (Å²) in [5, 5.41) is 0. The van der Waals surface area contributed by atoms with E-state index in [9.17, 15) is 0 Å². The van der Waals surface area contributed by atoms with Crippen LogP contribution in [0, 0.1) is 6.92 Å². The molecule has 0 aromatic heterocycles. The highest BCUT2D eigenvalue weighted by atomic mass is 28.3. The molecular formula is C13H19OSi. The molecule has 0 aliphatic carbocycles. The first-order valence-corrected chi connectivity index (χ1v) is 7.33. The van der Waals surface area contributed by atoms with E-state index in [4.69, 9.17) is 4.43 Å². The molecule has 0 amide bonds. The monoisotopic (exact) mass is 219 g/mol. The zero-order valence-corrected chi connectivity index (χ0v) is 10.8. The van der Waals surface area contributed by atoms with E-state index >= 15 is 0 Å². The summed E-state index contributed by atoms with van der Waals surface area (Å²) in [7, 11) is -0.588. The zero-order chi connectivity index (χ0) is 11.1. The Balaban J connectivity index is 2.47. The average Bonchev–Trinajstić information content (AvgIpc) is 2.27. The Hall–Kier alpha value is -1.02. The molecule has 1 aromatic rings. The van der Waals surface area contributed by atoms with E-state index in [1.54, 1.807) is 0 Å². The second-order valence-corrected chi connectivity index (χ2v) is 6.30. The largest absolute Gasteiger partial charge is 0.547 e. The van der Waals surface area contributed by atoms with Gasteiger partial charge in [0.15, 0.2) is 0 Å². The first-order valence-electron chi connectivity index (χ1n) is 5.50. The summed E-state index contributed by atoms with van der Waals surface area (Å²) in [5.41, 5.74) is 2.49. The molecule has 0 heterocycles. The summed E-state index contributed by atoms with van der Waals surface area (Å²) in [6.45, 7) is 6.48. The summed E-state index contributed by atoms with van der Waals surface area (Å²) in [4.78, 5) is 0. The Morgan fingerprint density at radius 3 is 2.27 bits per heavy atom. The van der Waals surface area contributed by atoms with E-state index in [0.717, 1.165) is 0 Å². The highest BCUT2D eigenvalue weighted by Gasteiger charge is 2.05. The molecule has 0 saturated heterocycles. The van der Waals surface area contributed by atoms with Gasteiger partial charge in [0.1, 0.15) is 0 Å². The second kappa shape index (κ2) is 6.46. The van der Waals surface area contributed by atoms with Crippen molar-refractivity contribution in [3.63, 3.8) is 0 Å². The molecule has 0 spiro atoms. The lowest BCUT2D eigenvalue weighted by Crippen LogP contribution is -2.10. The van der Waals surface area contributed by atoms with Crippen LogP contribution in [0.15, 0.2) is 30.5 Å². The molecule has 1 nitrogen and oxygen atoms in total. The number of hydrogen-bond acceptors (Lipinski definition) is 1. The molecule has 0 unspecified atom stereocenters. The molecule has 0 saturated carbocycles. The normalized spacial score (nSPS) is 11.2. The third kappa shape index (κ3) is 4.34. The minimum atomic E-state index is -0.588. The molecule has 0 bridgehead atoms. The van der Waals surface area contributed by atoms with E-state index < -0.39 is 9.04 Å². The summed E-state index contributed by atoms with van der Waals surface area (Å²) in [5.74, 6) is 0. The van der Waals surface area contributed by atoms with Crippen molar-refractivity contribution in [3.05, 3.63) is 41.7 Å². The van der Waals surface area contributed by atoms with E-state index in [2.05, 4.69) is 45.0 Å². The Kier molecular flexibility index (Phi) is 5.19. The first kappa shape index (κ1) is 12.0. The molecule has 1 rings (SSSR count). The van der Waals surface area contributed by atoms with Crippen LogP contribution < -0.4 is 0 Å². The van der Waals surface area contributed by atoms with Gasteiger partial charge in [-0.1, -0.05) is 43.7 Å². The van der Waals surface area contributed by atoms with Gasteiger partial charge in [-0.15, -0.1) is 0 Å². The molecule has 0 aliphatic heterocycles. The van der Waals surface area contributed by atoms with E-state index in [1.165, 1.54) is 23.2 Å². The third-order valence-electron chi connectivity index (χ3n) is 2.36. The summed E-state index contributed by atoms with van der Waals surface area (Å²) in [6, 6.07) is 10.8. The Morgan fingerprint density at radius 2 is 1.73 bits per heavy atom. The fourth-order valence-corrected chi connectivity index (χ4v) is 2.40. The number of aryl methyl sites for hydroxylation is 1. The average molecular weight is 219 g/mol. The molecule has 2 heteroatoms. The molecule has 15 heavy (non-hydrogen) atoms. The van der Waals surface area contributed by atoms with Crippen LogP contribution in [0.4, 0.5) is 0 Å². The van der Waals surface area contributed by atoms with Crippen molar-refractivity contribution in [1.82, 2.24) is 0 Å². The van der Waals surface area contributed by atoms with Gasteiger partial charge in [-0.3, -0.25) is 0 Å². The minimum Gasteiger partial charge on any atom is -0.547 e. The lowest BCUT2D eigenvalue weighted by atomic mass is 10.1. The van der Waals surface area contributed by atoms with Crippen LogP contribution in [0.3, 0.4) is 0 Å². The van der Waals surface area contributed by atoms with Gasteiger partial charge >= 0.3 is 0 Å². The van der Waals surface area contributed by atoms with Gasteiger partial charge in [-0.25, -0.2) is 0 Å². The van der Waals surface area contributed by atoms with Crippen molar-refractivity contribution in [2.45, 2.75) is 32.9 Å². The highest BCUT2D eigenvalue weighted by Crippen LogP contribution is 2.06. The topological polar surface area (TPSA) is 9.23 Å². The van der Waals surface area contributed by atoms with Crippen molar-refractivity contribution in [1.29, 1.82) is 0 Å². The van der Waals surface area contributed by atoms with Crippen LogP contribution in [0.1, 0.15) is 25.0 Å². The molecule has 1 aromatic carbocycles. The van der Waals surface area contributed by atoms with Crippen LogP contribution in [0.2, 0.25) is 12.1 Å². The van der Waals surface area contributed by atoms with Crippen LogP contribution in [0.25, 0.3) is 6.08 Å². The fourth-order valence-electron chi connectivity index (χ4n) is 1.30. The van der Waals surface area contributed by atoms with Crippen molar-refractivity contribution >= 4 is 15.1 Å². The molecule has 1 radical (unpaired) electrons. The summed E-state index contributed by atoms with van der Waals surface area (Å²) < 4.78 is 5.70. The van der Waals surface area contributed by atoms with Crippen molar-refractivity contribution < 1.29 is 4.43 Å². The standard InChI is InChI=1S/C13H19OSi/c1-4-15(5-2)14-11-10-13-8-6-12(3)7-9-13/h6-11H,4-5H2,1-3H3. The Morgan fingerprint density at radius 1 is 1.13 bits per heavy atom. The number of hydrogen-bond donors (Lipinski definition) is 0. The van der Waals surface area contributed by atoms with Crippen LogP contribution in [0.5, 0.6) is 0 Å². The van der Waals surface area contributed by atoms with Gasteiger partial charge in [-0.05, 0) is 30.7 Å². The predicted octanol–water partition coefficient (Wildman–Crippen LogP) is 4.01. The molecular weight excluding hydrogens is 200 g/mol. The smallest absolute Gasteiger partial charge is 0.279 e. The second-order valence-electron chi connectivity index (χ2n) is 3.58. The van der Waals surface area contributed by atoms with Crippen molar-refractivity contribution in [2.24, 2.45) is 0 Å². The number of rotatable bonds is 5. The lowest BCUT2D eigenvalue weighted by molar-refractivity contribution is 0.493. The van der Waals surface area contributed by atoms with Crippen LogP contribution in [-0.2, 0) is 4.43 Å². The Labute approximate surface area is 94.5 Å². The fraction of sp³-hybridized carbons (Fsp3) is 0.385. The van der Waals surface area contributed by atoms with E-state index in [0.29, 0.717) is 0 Å². The SMILES string of the molecule is CC[Si](CC)OC=Cc1ccc(C)cc1. The minimum absolute atomic E-state index is 0.588. The predicted molar refractivity (Wildman–Crippen MR) is 68.0 cm³/mol. The number of benzene rings is 1. The summed E-state index contributed by atoms with van der Waals surface area (Å²) >= 11 is 0. The van der Waals surface area contributed by atoms with E-state index in [1.807, 2.05) is 12.3 Å². The van der Waals surface area contributed by atoms with Gasteiger partial charge in [-0.2, -0.15) is 0 Å². The molecule has 81 valence electrons. The van der Waals surface area contributed by atoms with Crippen LogP contribution in [-0.4, -0.2) is 9.04 Å². The van der Waals surface area contributed by atoms with Gasteiger partial charge in [0.05, 0.1) is 6.26 Å². The zero-order valence-electron chi connectivity index (χ0n) is 9.79. The lowest BCUT2D eigenvalue weighted by Gasteiger charge is -2.07. The quantitative estimate of drug-likeness (QED) is 0.537. The third-order valence-corrected chi connectivity index (χ3v) is 4.41. The molecule has 0 fully saturated rings. The van der Waals surface area contributed by atoms with Gasteiger partial charge in [0, 0.05) is 0 Å². The molecule has 0 atom stereocenters.